The van der Waals surface area contributed by atoms with Crippen LogP contribution in [0.4, 0.5) is 4.39 Å². The first-order chi connectivity index (χ1) is 10.2. The van der Waals surface area contributed by atoms with Crippen LogP contribution in [0.3, 0.4) is 0 Å². The summed E-state index contributed by atoms with van der Waals surface area (Å²) < 4.78 is 18.3. The number of nitrogens with one attached hydrogen (secondary N) is 1. The zero-order valence-corrected chi connectivity index (χ0v) is 12.3. The molecule has 0 aliphatic carbocycles. The molecule has 21 heavy (non-hydrogen) atoms. The van der Waals surface area contributed by atoms with Crippen LogP contribution in [-0.2, 0) is 6.42 Å². The van der Waals surface area contributed by atoms with E-state index in [1.807, 2.05) is 0 Å². The van der Waals surface area contributed by atoms with Crippen LogP contribution in [0.15, 0.2) is 36.7 Å². The van der Waals surface area contributed by atoms with Crippen molar-refractivity contribution in [2.45, 2.75) is 25.8 Å². The van der Waals surface area contributed by atoms with Gasteiger partial charge < -0.3 is 10.1 Å². The largest absolute Gasteiger partial charge is 0.480 e. The van der Waals surface area contributed by atoms with Gasteiger partial charge in [-0.2, -0.15) is 0 Å². The van der Waals surface area contributed by atoms with Crippen LogP contribution in [0.5, 0.6) is 5.88 Å². The molecule has 0 spiro atoms. The molecule has 1 heterocycles. The molecule has 2 rings (SSSR count). The molecule has 0 saturated carbocycles. The minimum Gasteiger partial charge on any atom is -0.480 e. The van der Waals surface area contributed by atoms with E-state index in [1.165, 1.54) is 12.1 Å². The van der Waals surface area contributed by atoms with Gasteiger partial charge in [0.05, 0.1) is 13.2 Å². The lowest BCUT2D eigenvalue weighted by atomic mass is 10.0. The fourth-order valence-electron chi connectivity index (χ4n) is 2.17. The zero-order chi connectivity index (χ0) is 15.1. The molecule has 112 valence electrons. The van der Waals surface area contributed by atoms with Gasteiger partial charge >= 0.3 is 0 Å². The predicted molar refractivity (Wildman–Crippen MR) is 79.7 cm³/mol. The number of ether oxygens (including phenoxy) is 1. The van der Waals surface area contributed by atoms with Crippen molar-refractivity contribution in [3.8, 4) is 5.88 Å². The maximum atomic E-state index is 13.0. The Morgan fingerprint density at radius 1 is 1.19 bits per heavy atom. The molecule has 0 saturated heterocycles. The van der Waals surface area contributed by atoms with Crippen LogP contribution in [0, 0.1) is 5.82 Å². The highest BCUT2D eigenvalue weighted by Gasteiger charge is 2.18. The number of nitrogens with zero attached hydrogens (tertiary/aromatic N) is 2. The standard InChI is InChI=1S/C16H20FN3O/c1-3-8-18-14(11-12-4-6-13(17)7-5-12)15-16(21-2)20-10-9-19-15/h4-7,9-10,14,18H,3,8,11H2,1-2H3. The minimum atomic E-state index is -0.228. The smallest absolute Gasteiger partial charge is 0.237 e. The Morgan fingerprint density at radius 3 is 2.57 bits per heavy atom. The highest BCUT2D eigenvalue weighted by Crippen LogP contribution is 2.23. The minimum absolute atomic E-state index is 0.0148. The van der Waals surface area contributed by atoms with Gasteiger partial charge in [0.1, 0.15) is 11.5 Å². The highest BCUT2D eigenvalue weighted by atomic mass is 19.1. The maximum Gasteiger partial charge on any atom is 0.237 e. The normalized spacial score (nSPS) is 12.1. The summed E-state index contributed by atoms with van der Waals surface area (Å²) in [5.74, 6) is 0.294. The number of methoxy groups -OCH3 is 1. The molecule has 1 N–H and O–H groups in total. The first kappa shape index (κ1) is 15.4. The van der Waals surface area contributed by atoms with Crippen LogP contribution in [0.25, 0.3) is 0 Å². The van der Waals surface area contributed by atoms with E-state index in [0.717, 1.165) is 24.2 Å². The second kappa shape index (κ2) is 7.69. The van der Waals surface area contributed by atoms with Crippen molar-refractivity contribution in [2.24, 2.45) is 0 Å². The molecule has 1 atom stereocenters. The van der Waals surface area contributed by atoms with E-state index in [-0.39, 0.29) is 11.9 Å². The van der Waals surface area contributed by atoms with E-state index in [2.05, 4.69) is 22.2 Å². The van der Waals surface area contributed by atoms with Gasteiger partial charge in [-0.25, -0.2) is 9.37 Å². The van der Waals surface area contributed by atoms with Crippen molar-refractivity contribution in [2.75, 3.05) is 13.7 Å². The summed E-state index contributed by atoms with van der Waals surface area (Å²) in [7, 11) is 1.59. The first-order valence-electron chi connectivity index (χ1n) is 7.07. The van der Waals surface area contributed by atoms with Gasteiger partial charge in [0.25, 0.3) is 0 Å². The van der Waals surface area contributed by atoms with E-state index >= 15 is 0 Å². The molecule has 0 aliphatic rings. The molecule has 0 aliphatic heterocycles. The van der Waals surface area contributed by atoms with E-state index < -0.39 is 0 Å². The molecule has 0 fully saturated rings. The second-order valence-corrected chi connectivity index (χ2v) is 4.79. The lowest BCUT2D eigenvalue weighted by Gasteiger charge is -2.19. The summed E-state index contributed by atoms with van der Waals surface area (Å²) in [4.78, 5) is 8.59. The number of rotatable bonds is 7. The van der Waals surface area contributed by atoms with E-state index in [1.54, 1.807) is 31.6 Å². The van der Waals surface area contributed by atoms with Gasteiger partial charge in [0.15, 0.2) is 0 Å². The van der Waals surface area contributed by atoms with Gasteiger partial charge in [0.2, 0.25) is 5.88 Å². The highest BCUT2D eigenvalue weighted by molar-refractivity contribution is 5.25. The summed E-state index contributed by atoms with van der Waals surface area (Å²) in [5.41, 5.74) is 1.82. The summed E-state index contributed by atoms with van der Waals surface area (Å²) >= 11 is 0. The summed E-state index contributed by atoms with van der Waals surface area (Å²) in [6.07, 6.45) is 4.98. The van der Waals surface area contributed by atoms with Gasteiger partial charge in [-0.05, 0) is 37.1 Å². The van der Waals surface area contributed by atoms with Crippen LogP contribution in [0.2, 0.25) is 0 Å². The van der Waals surface area contributed by atoms with Crippen molar-refractivity contribution in [1.82, 2.24) is 15.3 Å². The van der Waals surface area contributed by atoms with Crippen LogP contribution in [-0.4, -0.2) is 23.6 Å². The molecule has 0 amide bonds. The van der Waals surface area contributed by atoms with Gasteiger partial charge in [0, 0.05) is 12.4 Å². The van der Waals surface area contributed by atoms with E-state index in [4.69, 9.17) is 4.74 Å². The van der Waals surface area contributed by atoms with Gasteiger partial charge in [-0.3, -0.25) is 4.98 Å². The third-order valence-corrected chi connectivity index (χ3v) is 3.21. The zero-order valence-electron chi connectivity index (χ0n) is 12.3. The average molecular weight is 289 g/mol. The summed E-state index contributed by atoms with van der Waals surface area (Å²) in [6.45, 7) is 2.97. The average Bonchev–Trinajstić information content (AvgIpc) is 2.53. The molecular weight excluding hydrogens is 269 g/mol. The quantitative estimate of drug-likeness (QED) is 0.851. The molecule has 1 aromatic carbocycles. The second-order valence-electron chi connectivity index (χ2n) is 4.79. The third-order valence-electron chi connectivity index (χ3n) is 3.21. The molecular formula is C16H20FN3O. The number of benzene rings is 1. The van der Waals surface area contributed by atoms with E-state index in [0.29, 0.717) is 12.3 Å². The first-order valence-corrected chi connectivity index (χ1v) is 7.07. The van der Waals surface area contributed by atoms with Crippen molar-refractivity contribution >= 4 is 0 Å². The Balaban J connectivity index is 2.23. The number of halogens is 1. The van der Waals surface area contributed by atoms with Crippen LogP contribution in [0.1, 0.15) is 30.6 Å². The Hall–Kier alpha value is -2.01. The Labute approximate surface area is 124 Å². The van der Waals surface area contributed by atoms with Crippen molar-refractivity contribution in [3.63, 3.8) is 0 Å². The molecule has 1 aromatic heterocycles. The lowest BCUT2D eigenvalue weighted by Crippen LogP contribution is -2.25. The van der Waals surface area contributed by atoms with Gasteiger partial charge in [-0.1, -0.05) is 19.1 Å². The topological polar surface area (TPSA) is 47.0 Å². The van der Waals surface area contributed by atoms with Crippen LogP contribution < -0.4 is 10.1 Å². The molecule has 0 bridgehead atoms. The fraction of sp³-hybridized carbons (Fsp3) is 0.375. The number of hydrogen-bond donors (Lipinski definition) is 1. The lowest BCUT2D eigenvalue weighted by molar-refractivity contribution is 0.376. The number of aromatic nitrogens is 2. The fourth-order valence-corrected chi connectivity index (χ4v) is 2.17. The Bertz CT molecular complexity index is 560. The Morgan fingerprint density at radius 2 is 1.90 bits per heavy atom. The van der Waals surface area contributed by atoms with Crippen molar-refractivity contribution < 1.29 is 9.13 Å². The van der Waals surface area contributed by atoms with Crippen molar-refractivity contribution in [3.05, 3.63) is 53.7 Å². The molecule has 0 radical (unpaired) electrons. The summed E-state index contributed by atoms with van der Waals surface area (Å²) in [6, 6.07) is 6.51. The Kier molecular flexibility index (Phi) is 5.63. The number of hydrogen-bond acceptors (Lipinski definition) is 4. The third kappa shape index (κ3) is 4.23. The molecule has 5 heteroatoms. The van der Waals surface area contributed by atoms with Crippen molar-refractivity contribution in [1.29, 1.82) is 0 Å². The molecule has 2 aromatic rings. The SMILES string of the molecule is CCCNC(Cc1ccc(F)cc1)c1nccnc1OC. The monoisotopic (exact) mass is 289 g/mol. The predicted octanol–water partition coefficient (Wildman–Crippen LogP) is 2.91. The molecule has 4 nitrogen and oxygen atoms in total. The summed E-state index contributed by atoms with van der Waals surface area (Å²) in [5, 5.41) is 3.45. The van der Waals surface area contributed by atoms with E-state index in [9.17, 15) is 4.39 Å². The molecule has 1 unspecified atom stereocenters. The van der Waals surface area contributed by atoms with Gasteiger partial charge in [-0.15, -0.1) is 0 Å². The maximum absolute atomic E-state index is 13.0. The van der Waals surface area contributed by atoms with Crippen LogP contribution >= 0.6 is 0 Å².